The number of pyridine rings is 1. The van der Waals surface area contributed by atoms with Crippen LogP contribution in [0.3, 0.4) is 0 Å². The summed E-state index contributed by atoms with van der Waals surface area (Å²) in [5, 5.41) is 9.14. The summed E-state index contributed by atoms with van der Waals surface area (Å²) < 4.78 is 6.08. The third-order valence-corrected chi connectivity index (χ3v) is 4.43. The number of hydrogen-bond acceptors (Lipinski definition) is 6. The highest BCUT2D eigenvalue weighted by molar-refractivity contribution is 5.94. The first-order valence-electron chi connectivity index (χ1n) is 8.84. The molecule has 0 radical (unpaired) electrons. The SMILES string of the molecule is Cc1cc(NC(=O)Cn2cccc(C(=O)NC3CCCN(C)C3)c2=O)no1. The second-order valence-corrected chi connectivity index (χ2v) is 6.80. The molecule has 1 aliphatic rings. The van der Waals surface area contributed by atoms with Gasteiger partial charge in [-0.2, -0.15) is 0 Å². The molecule has 0 spiro atoms. The molecule has 144 valence electrons. The molecule has 1 aliphatic heterocycles. The average molecular weight is 373 g/mol. The van der Waals surface area contributed by atoms with Gasteiger partial charge < -0.3 is 24.6 Å². The molecule has 9 nitrogen and oxygen atoms in total. The first kappa shape index (κ1) is 18.8. The Labute approximate surface area is 156 Å². The zero-order chi connectivity index (χ0) is 19.4. The number of aryl methyl sites for hydroxylation is 1. The van der Waals surface area contributed by atoms with Gasteiger partial charge in [0.2, 0.25) is 5.91 Å². The van der Waals surface area contributed by atoms with E-state index in [1.165, 1.54) is 16.8 Å². The summed E-state index contributed by atoms with van der Waals surface area (Å²) in [6.07, 6.45) is 3.36. The van der Waals surface area contributed by atoms with Crippen molar-refractivity contribution in [2.75, 3.05) is 25.5 Å². The Morgan fingerprint density at radius 2 is 2.22 bits per heavy atom. The maximum Gasteiger partial charge on any atom is 0.263 e. The molecule has 9 heteroatoms. The van der Waals surface area contributed by atoms with E-state index in [0.717, 1.165) is 25.9 Å². The molecule has 0 aromatic carbocycles. The molecule has 2 aromatic rings. The third kappa shape index (κ3) is 4.82. The summed E-state index contributed by atoms with van der Waals surface area (Å²) in [6, 6.07) is 4.64. The Balaban J connectivity index is 1.66. The minimum absolute atomic E-state index is 0.0167. The van der Waals surface area contributed by atoms with E-state index in [2.05, 4.69) is 20.7 Å². The van der Waals surface area contributed by atoms with Crippen LogP contribution in [-0.2, 0) is 11.3 Å². The van der Waals surface area contributed by atoms with Gasteiger partial charge in [0.25, 0.3) is 11.5 Å². The number of aromatic nitrogens is 2. The van der Waals surface area contributed by atoms with Gasteiger partial charge in [-0.15, -0.1) is 0 Å². The number of nitrogens with zero attached hydrogens (tertiary/aromatic N) is 3. The molecular formula is C18H23N5O4. The van der Waals surface area contributed by atoms with Crippen LogP contribution in [0.2, 0.25) is 0 Å². The molecule has 3 rings (SSSR count). The predicted octanol–water partition coefficient (Wildman–Crippen LogP) is 0.607. The van der Waals surface area contributed by atoms with Crippen LogP contribution in [-0.4, -0.2) is 52.6 Å². The van der Waals surface area contributed by atoms with Gasteiger partial charge in [-0.05, 0) is 45.5 Å². The van der Waals surface area contributed by atoms with Crippen LogP contribution in [0.4, 0.5) is 5.82 Å². The first-order chi connectivity index (χ1) is 12.9. The van der Waals surface area contributed by atoms with Gasteiger partial charge in [0.05, 0.1) is 0 Å². The standard InChI is InChI=1S/C18H23N5O4/c1-12-9-15(21-27-12)20-16(24)11-23-8-4-6-14(18(23)26)17(25)19-13-5-3-7-22(2)10-13/h4,6,8-9,13H,3,5,7,10-11H2,1-2H3,(H,19,25)(H,20,21,24). The number of likely N-dealkylation sites (tertiary alicyclic amines) is 1. The lowest BCUT2D eigenvalue weighted by molar-refractivity contribution is -0.116. The summed E-state index contributed by atoms with van der Waals surface area (Å²) in [6.45, 7) is 3.24. The molecule has 0 bridgehead atoms. The Morgan fingerprint density at radius 1 is 1.41 bits per heavy atom. The molecule has 2 N–H and O–H groups in total. The Morgan fingerprint density at radius 3 is 2.93 bits per heavy atom. The minimum atomic E-state index is -0.509. The fourth-order valence-corrected chi connectivity index (χ4v) is 3.14. The van der Waals surface area contributed by atoms with Crippen molar-refractivity contribution in [1.29, 1.82) is 0 Å². The highest BCUT2D eigenvalue weighted by Gasteiger charge is 2.21. The highest BCUT2D eigenvalue weighted by Crippen LogP contribution is 2.09. The van der Waals surface area contributed by atoms with E-state index in [0.29, 0.717) is 5.76 Å². The summed E-state index contributed by atoms with van der Waals surface area (Å²) >= 11 is 0. The van der Waals surface area contributed by atoms with Gasteiger partial charge in [0, 0.05) is 24.8 Å². The van der Waals surface area contributed by atoms with E-state index in [1.807, 2.05) is 7.05 Å². The van der Waals surface area contributed by atoms with Crippen molar-refractivity contribution < 1.29 is 14.1 Å². The van der Waals surface area contributed by atoms with Crippen LogP contribution >= 0.6 is 0 Å². The molecule has 0 saturated carbocycles. The zero-order valence-corrected chi connectivity index (χ0v) is 15.4. The lowest BCUT2D eigenvalue weighted by atomic mass is 10.1. The van der Waals surface area contributed by atoms with Crippen molar-refractivity contribution in [3.8, 4) is 0 Å². The number of carbonyl (C=O) groups excluding carboxylic acids is 2. The van der Waals surface area contributed by atoms with Crippen molar-refractivity contribution in [3.63, 3.8) is 0 Å². The lowest BCUT2D eigenvalue weighted by Crippen LogP contribution is -2.47. The second kappa shape index (κ2) is 8.17. The topological polar surface area (TPSA) is 109 Å². The Bertz CT molecular complexity index is 888. The third-order valence-electron chi connectivity index (χ3n) is 4.43. The van der Waals surface area contributed by atoms with Crippen LogP contribution in [0.5, 0.6) is 0 Å². The van der Waals surface area contributed by atoms with E-state index in [1.54, 1.807) is 19.1 Å². The molecular weight excluding hydrogens is 350 g/mol. The molecule has 2 amide bonds. The summed E-state index contributed by atoms with van der Waals surface area (Å²) in [4.78, 5) is 39.4. The largest absolute Gasteiger partial charge is 0.360 e. The number of anilines is 1. The van der Waals surface area contributed by atoms with Crippen LogP contribution in [0, 0.1) is 6.92 Å². The van der Waals surface area contributed by atoms with E-state index in [-0.39, 0.29) is 24.0 Å². The van der Waals surface area contributed by atoms with Crippen molar-refractivity contribution in [3.05, 3.63) is 46.1 Å². The molecule has 3 heterocycles. The highest BCUT2D eigenvalue weighted by atomic mass is 16.5. The minimum Gasteiger partial charge on any atom is -0.360 e. The average Bonchev–Trinajstić information content (AvgIpc) is 3.01. The molecule has 1 atom stereocenters. The van der Waals surface area contributed by atoms with Crippen LogP contribution in [0.1, 0.15) is 29.0 Å². The van der Waals surface area contributed by atoms with E-state index < -0.39 is 17.4 Å². The number of amides is 2. The second-order valence-electron chi connectivity index (χ2n) is 6.80. The Hall–Kier alpha value is -2.94. The number of likely N-dealkylation sites (N-methyl/N-ethyl adjacent to an activating group) is 1. The molecule has 1 fully saturated rings. The zero-order valence-electron chi connectivity index (χ0n) is 15.4. The van der Waals surface area contributed by atoms with Crippen LogP contribution < -0.4 is 16.2 Å². The quantitative estimate of drug-likeness (QED) is 0.795. The maximum atomic E-state index is 12.6. The van der Waals surface area contributed by atoms with Gasteiger partial charge in [-0.3, -0.25) is 14.4 Å². The Kier molecular flexibility index (Phi) is 5.70. The summed E-state index contributed by atoms with van der Waals surface area (Å²) in [5.74, 6) is -0.00518. The number of hydrogen-bond donors (Lipinski definition) is 2. The number of piperidine rings is 1. The molecule has 2 aromatic heterocycles. The van der Waals surface area contributed by atoms with Gasteiger partial charge in [-0.1, -0.05) is 5.16 Å². The number of carbonyl (C=O) groups is 2. The molecule has 1 unspecified atom stereocenters. The fraction of sp³-hybridized carbons (Fsp3) is 0.444. The van der Waals surface area contributed by atoms with Gasteiger partial charge in [0.1, 0.15) is 17.9 Å². The van der Waals surface area contributed by atoms with Crippen LogP contribution in [0.15, 0.2) is 33.7 Å². The fourth-order valence-electron chi connectivity index (χ4n) is 3.14. The first-order valence-corrected chi connectivity index (χ1v) is 8.84. The van der Waals surface area contributed by atoms with Crippen molar-refractivity contribution in [2.24, 2.45) is 0 Å². The van der Waals surface area contributed by atoms with E-state index >= 15 is 0 Å². The number of rotatable bonds is 5. The molecule has 1 saturated heterocycles. The summed E-state index contributed by atoms with van der Waals surface area (Å²) in [5.41, 5.74) is -0.485. The lowest BCUT2D eigenvalue weighted by Gasteiger charge is -2.30. The molecule has 27 heavy (non-hydrogen) atoms. The van der Waals surface area contributed by atoms with E-state index in [4.69, 9.17) is 4.52 Å². The van der Waals surface area contributed by atoms with Gasteiger partial charge in [0.15, 0.2) is 5.82 Å². The van der Waals surface area contributed by atoms with Gasteiger partial charge >= 0.3 is 0 Å². The van der Waals surface area contributed by atoms with Gasteiger partial charge in [-0.25, -0.2) is 0 Å². The molecule has 0 aliphatic carbocycles. The predicted molar refractivity (Wildman–Crippen MR) is 98.6 cm³/mol. The van der Waals surface area contributed by atoms with Crippen LogP contribution in [0.25, 0.3) is 0 Å². The van der Waals surface area contributed by atoms with Crippen molar-refractivity contribution in [2.45, 2.75) is 32.4 Å². The summed E-state index contributed by atoms with van der Waals surface area (Å²) in [7, 11) is 2.00. The number of nitrogens with one attached hydrogen (secondary N) is 2. The van der Waals surface area contributed by atoms with Crippen molar-refractivity contribution in [1.82, 2.24) is 19.9 Å². The van der Waals surface area contributed by atoms with E-state index in [9.17, 15) is 14.4 Å². The van der Waals surface area contributed by atoms with Crippen molar-refractivity contribution >= 4 is 17.6 Å². The normalized spacial score (nSPS) is 17.5. The monoisotopic (exact) mass is 373 g/mol. The smallest absolute Gasteiger partial charge is 0.263 e. The maximum absolute atomic E-state index is 12.6.